The Morgan fingerprint density at radius 3 is 1.57 bits per heavy atom. The van der Waals surface area contributed by atoms with Crippen molar-refractivity contribution in [2.24, 2.45) is 17.4 Å². The Kier molecular flexibility index (Phi) is 20.5. The third kappa shape index (κ3) is 14.5. The number of aliphatic carboxylic acids is 3. The average Bonchev–Trinajstić information content (AvgIpc) is 4.13. The topological polar surface area (TPSA) is 362 Å². The van der Waals surface area contributed by atoms with E-state index in [2.05, 4.69) is 21.3 Å². The van der Waals surface area contributed by atoms with Crippen molar-refractivity contribution in [3.63, 3.8) is 0 Å². The van der Waals surface area contributed by atoms with Crippen molar-refractivity contribution >= 4 is 65.2 Å². The molecule has 0 saturated carbocycles. The largest absolute Gasteiger partial charge is 0.481 e. The van der Waals surface area contributed by atoms with Crippen molar-refractivity contribution in [3.8, 4) is 0 Å². The van der Waals surface area contributed by atoms with Crippen LogP contribution in [0.3, 0.4) is 0 Å². The van der Waals surface area contributed by atoms with Gasteiger partial charge in [-0.3, -0.25) is 47.9 Å². The standard InChI is InChI=1S/C44H70N10O14/c1-24(2)22-28(37(60)48-27(10-4-5-17-45)41(64)51-18-6-11-30(51)38(61)47-25(3)36(59)50-29(44(67)68)23-35(57)58)49-39(62)31-12-7-19-52(31)42(65)33-14-9-21-54(33)43(66)32-13-8-20-53(32)40(63)26(46)15-16-34(55)56/h24-33H,4-23,45-46H2,1-3H3,(H,47,61)(H,48,60)(H,49,62)(H,50,59)(H,55,56)(H,57,58)(H,67,68)/t25-,26-,27-,28-,29-,30-,31-,32-,33-/m0/s1. The third-order valence-corrected chi connectivity index (χ3v) is 13.0. The van der Waals surface area contributed by atoms with Crippen LogP contribution in [-0.4, -0.2) is 187 Å². The van der Waals surface area contributed by atoms with Crippen LogP contribution in [0, 0.1) is 5.92 Å². The predicted octanol–water partition coefficient (Wildman–Crippen LogP) is -2.16. The molecule has 4 aliphatic rings. The van der Waals surface area contributed by atoms with Crippen molar-refractivity contribution in [1.29, 1.82) is 0 Å². The first-order chi connectivity index (χ1) is 32.2. The minimum Gasteiger partial charge on any atom is -0.481 e. The van der Waals surface area contributed by atoms with E-state index < -0.39 is 126 Å². The number of hydrogen-bond donors (Lipinski definition) is 9. The molecule has 4 saturated heterocycles. The van der Waals surface area contributed by atoms with Crippen molar-refractivity contribution in [1.82, 2.24) is 40.9 Å². The van der Waals surface area contributed by atoms with Crippen molar-refractivity contribution in [3.05, 3.63) is 0 Å². The van der Waals surface area contributed by atoms with Gasteiger partial charge in [-0.05, 0) is 103 Å². The molecule has 0 aromatic carbocycles. The molecule has 4 fully saturated rings. The van der Waals surface area contributed by atoms with Crippen LogP contribution in [0.4, 0.5) is 0 Å². The highest BCUT2D eigenvalue weighted by Crippen LogP contribution is 2.29. The number of amides is 8. The van der Waals surface area contributed by atoms with E-state index in [0.717, 1.165) is 0 Å². The second-order valence-electron chi connectivity index (χ2n) is 18.6. The van der Waals surface area contributed by atoms with Gasteiger partial charge in [0.15, 0.2) is 0 Å². The van der Waals surface area contributed by atoms with Crippen LogP contribution in [0.15, 0.2) is 0 Å². The monoisotopic (exact) mass is 963 g/mol. The van der Waals surface area contributed by atoms with Gasteiger partial charge in [-0.2, -0.15) is 0 Å². The molecule has 0 unspecified atom stereocenters. The number of carbonyl (C=O) groups excluding carboxylic acids is 8. The number of carboxylic acid groups (broad SMARTS) is 3. The van der Waals surface area contributed by atoms with Gasteiger partial charge in [0.05, 0.1) is 12.5 Å². The number of nitrogens with zero attached hydrogens (tertiary/aromatic N) is 4. The van der Waals surface area contributed by atoms with E-state index in [9.17, 15) is 57.8 Å². The number of unbranched alkanes of at least 4 members (excludes halogenated alkanes) is 1. The molecule has 0 aliphatic carbocycles. The lowest BCUT2D eigenvalue weighted by molar-refractivity contribution is -0.151. The Labute approximate surface area is 394 Å². The number of nitrogens with two attached hydrogens (primary N) is 2. The second kappa shape index (κ2) is 25.5. The summed E-state index contributed by atoms with van der Waals surface area (Å²) in [4.78, 5) is 149. The van der Waals surface area contributed by atoms with Gasteiger partial charge in [0.2, 0.25) is 47.3 Å². The zero-order valence-electron chi connectivity index (χ0n) is 39.2. The van der Waals surface area contributed by atoms with Gasteiger partial charge in [0.1, 0.15) is 48.3 Å². The maximum atomic E-state index is 14.3. The Bertz CT molecular complexity index is 1900. The van der Waals surface area contributed by atoms with Crippen LogP contribution in [0.25, 0.3) is 0 Å². The summed E-state index contributed by atoms with van der Waals surface area (Å²) in [6.45, 7) is 6.16. The molecular weight excluding hydrogens is 893 g/mol. The van der Waals surface area contributed by atoms with E-state index in [1.54, 1.807) is 0 Å². The molecular formula is C44H70N10O14. The zero-order valence-corrected chi connectivity index (χ0v) is 39.2. The molecule has 4 heterocycles. The van der Waals surface area contributed by atoms with E-state index in [0.29, 0.717) is 57.9 Å². The lowest BCUT2D eigenvalue weighted by Crippen LogP contribution is -2.59. The summed E-state index contributed by atoms with van der Waals surface area (Å²) in [6, 6.07) is -10.2. The summed E-state index contributed by atoms with van der Waals surface area (Å²) in [5.41, 5.74) is 11.8. The minimum absolute atomic E-state index is 0.0905. The fourth-order valence-corrected chi connectivity index (χ4v) is 9.42. The van der Waals surface area contributed by atoms with Gasteiger partial charge in [-0.1, -0.05) is 13.8 Å². The van der Waals surface area contributed by atoms with Gasteiger partial charge in [-0.15, -0.1) is 0 Å². The number of carbonyl (C=O) groups is 11. The quantitative estimate of drug-likeness (QED) is 0.0465. The molecule has 0 bridgehead atoms. The van der Waals surface area contributed by atoms with E-state index >= 15 is 0 Å². The fourth-order valence-electron chi connectivity index (χ4n) is 9.42. The first-order valence-electron chi connectivity index (χ1n) is 23.7. The van der Waals surface area contributed by atoms with Crippen LogP contribution in [0.2, 0.25) is 0 Å². The Balaban J connectivity index is 1.44. The van der Waals surface area contributed by atoms with E-state index in [1.807, 2.05) is 13.8 Å². The molecule has 4 aliphatic heterocycles. The van der Waals surface area contributed by atoms with Crippen LogP contribution >= 0.6 is 0 Å². The number of likely N-dealkylation sites (tertiary alicyclic amines) is 4. The lowest BCUT2D eigenvalue weighted by Gasteiger charge is -2.35. The highest BCUT2D eigenvalue weighted by Gasteiger charge is 2.47. The predicted molar refractivity (Wildman–Crippen MR) is 239 cm³/mol. The number of hydrogen-bond acceptors (Lipinski definition) is 13. The van der Waals surface area contributed by atoms with Gasteiger partial charge < -0.3 is 67.7 Å². The highest BCUT2D eigenvalue weighted by molar-refractivity contribution is 5.99. The average molecular weight is 963 g/mol. The van der Waals surface area contributed by atoms with E-state index in [-0.39, 0.29) is 70.6 Å². The summed E-state index contributed by atoms with van der Waals surface area (Å²) in [7, 11) is 0. The molecule has 0 radical (unpaired) electrons. The minimum atomic E-state index is -1.74. The first kappa shape index (κ1) is 54.7. The van der Waals surface area contributed by atoms with Crippen LogP contribution < -0.4 is 32.7 Å². The zero-order chi connectivity index (χ0) is 50.4. The summed E-state index contributed by atoms with van der Waals surface area (Å²) in [5.74, 6) is -9.13. The molecule has 380 valence electrons. The van der Waals surface area contributed by atoms with Gasteiger partial charge in [0, 0.05) is 32.6 Å². The number of carboxylic acids is 3. The van der Waals surface area contributed by atoms with Crippen molar-refractivity contribution in [2.45, 2.75) is 171 Å². The van der Waals surface area contributed by atoms with Gasteiger partial charge in [-0.25, -0.2) is 4.79 Å². The summed E-state index contributed by atoms with van der Waals surface area (Å²) >= 11 is 0. The molecule has 8 amide bonds. The van der Waals surface area contributed by atoms with Gasteiger partial charge in [0.25, 0.3) is 0 Å². The molecule has 9 atom stereocenters. The Morgan fingerprint density at radius 2 is 1.04 bits per heavy atom. The molecule has 0 aromatic heterocycles. The molecule has 0 aromatic rings. The summed E-state index contributed by atoms with van der Waals surface area (Å²) < 4.78 is 0. The SMILES string of the molecule is CC(C)C[C@H](NC(=O)[C@@H]1CCCN1C(=O)[C@@H]1CCCN1C(=O)[C@@H]1CCCN1C(=O)[C@@H](N)CCC(=O)O)C(=O)N[C@@H](CCCCN)C(=O)N1CCC[C@H]1C(=O)N[C@@H](C)C(=O)N[C@@H](CC(=O)O)C(=O)O. The molecule has 24 nitrogen and oxygen atoms in total. The molecule has 24 heteroatoms. The Morgan fingerprint density at radius 1 is 0.559 bits per heavy atom. The number of rotatable bonds is 24. The highest BCUT2D eigenvalue weighted by atomic mass is 16.4. The first-order valence-corrected chi connectivity index (χ1v) is 23.7. The normalized spacial score (nSPS) is 22.5. The lowest BCUT2D eigenvalue weighted by atomic mass is 10.0. The maximum Gasteiger partial charge on any atom is 0.326 e. The molecule has 11 N–H and O–H groups in total. The fraction of sp³-hybridized carbons (Fsp3) is 0.750. The van der Waals surface area contributed by atoms with Crippen molar-refractivity contribution in [2.75, 3.05) is 32.7 Å². The smallest absolute Gasteiger partial charge is 0.326 e. The third-order valence-electron chi connectivity index (χ3n) is 13.0. The van der Waals surface area contributed by atoms with Crippen LogP contribution in [-0.2, 0) is 52.7 Å². The Hall–Kier alpha value is -5.91. The van der Waals surface area contributed by atoms with Crippen LogP contribution in [0.5, 0.6) is 0 Å². The van der Waals surface area contributed by atoms with E-state index in [4.69, 9.17) is 21.7 Å². The van der Waals surface area contributed by atoms with E-state index in [1.165, 1.54) is 26.5 Å². The number of nitrogens with one attached hydrogen (secondary N) is 4. The molecule has 0 spiro atoms. The molecule has 68 heavy (non-hydrogen) atoms. The van der Waals surface area contributed by atoms with Gasteiger partial charge >= 0.3 is 17.9 Å². The maximum absolute atomic E-state index is 14.3. The van der Waals surface area contributed by atoms with Crippen LogP contribution in [0.1, 0.15) is 117 Å². The van der Waals surface area contributed by atoms with Crippen molar-refractivity contribution < 1.29 is 68.1 Å². The second-order valence-corrected chi connectivity index (χ2v) is 18.6. The summed E-state index contributed by atoms with van der Waals surface area (Å²) in [5, 5.41) is 37.6. The summed E-state index contributed by atoms with van der Waals surface area (Å²) in [6.07, 6.45) is 3.05. The molecule has 4 rings (SSSR count).